The largest absolute Gasteiger partial charge is 0.481 e. The van der Waals surface area contributed by atoms with Crippen LogP contribution >= 0.6 is 0 Å². The molecule has 1 unspecified atom stereocenters. The third kappa shape index (κ3) is 5.33. The monoisotopic (exact) mass is 274 g/mol. The van der Waals surface area contributed by atoms with Gasteiger partial charge in [-0.1, -0.05) is 19.9 Å². The molecule has 0 radical (unpaired) electrons. The Morgan fingerprint density at radius 2 is 1.83 bits per heavy atom. The Morgan fingerprint density at radius 3 is 2.17 bits per heavy atom. The summed E-state index contributed by atoms with van der Waals surface area (Å²) >= 11 is 0. The molecule has 0 aliphatic heterocycles. The van der Waals surface area contributed by atoms with Gasteiger partial charge in [-0.25, -0.2) is 0 Å². The Labute approximate surface area is 110 Å². The van der Waals surface area contributed by atoms with Crippen LogP contribution in [-0.2, 0) is 4.79 Å². The van der Waals surface area contributed by atoms with E-state index < -0.39 is 19.9 Å². The quantitative estimate of drug-likeness (QED) is 0.469. The normalized spacial score (nSPS) is 16.1. The molecule has 0 aliphatic carbocycles. The summed E-state index contributed by atoms with van der Waals surface area (Å²) in [5.41, 5.74) is -1.34. The number of rotatable bonds is 8. The topological polar surface area (TPSA) is 77.8 Å². The maximum absolute atomic E-state index is 10.7. The Bertz CT molecular complexity index is 307. The van der Waals surface area contributed by atoms with E-state index in [0.29, 0.717) is 12.8 Å². The molecular weight excluding hydrogens is 248 g/mol. The van der Waals surface area contributed by atoms with Crippen molar-refractivity contribution in [2.24, 2.45) is 0 Å². The highest BCUT2D eigenvalue weighted by Gasteiger charge is 2.38. The predicted molar refractivity (Wildman–Crippen MR) is 75.0 cm³/mol. The molecule has 0 fully saturated rings. The average Bonchev–Trinajstić information content (AvgIpc) is 2.14. The lowest BCUT2D eigenvalue weighted by molar-refractivity contribution is -0.141. The SMILES string of the molecule is C=CC(O)(CCCC(C)(C)[Si](C)(C)O)CC(=O)O. The third-order valence-corrected chi connectivity index (χ3v) is 7.47. The maximum atomic E-state index is 10.7. The molecule has 0 aromatic heterocycles. The molecule has 0 saturated heterocycles. The van der Waals surface area contributed by atoms with Gasteiger partial charge in [-0.3, -0.25) is 4.79 Å². The zero-order valence-corrected chi connectivity index (χ0v) is 12.9. The summed E-state index contributed by atoms with van der Waals surface area (Å²) in [6, 6.07) is 0. The van der Waals surface area contributed by atoms with Crippen LogP contribution in [0.1, 0.15) is 39.5 Å². The van der Waals surface area contributed by atoms with E-state index in [0.717, 1.165) is 6.42 Å². The molecule has 5 heteroatoms. The Balaban J connectivity index is 4.41. The van der Waals surface area contributed by atoms with Gasteiger partial charge in [0.2, 0.25) is 0 Å². The maximum Gasteiger partial charge on any atom is 0.306 e. The predicted octanol–water partition coefficient (Wildman–Crippen LogP) is 2.53. The van der Waals surface area contributed by atoms with Crippen LogP contribution in [0.4, 0.5) is 0 Å². The van der Waals surface area contributed by atoms with E-state index in [2.05, 4.69) is 6.58 Å². The average molecular weight is 274 g/mol. The summed E-state index contributed by atoms with van der Waals surface area (Å²) in [6.07, 6.45) is 2.77. The summed E-state index contributed by atoms with van der Waals surface area (Å²) in [7, 11) is -2.25. The molecule has 0 aromatic carbocycles. The first kappa shape index (κ1) is 17.3. The summed E-state index contributed by atoms with van der Waals surface area (Å²) in [4.78, 5) is 20.8. The summed E-state index contributed by atoms with van der Waals surface area (Å²) in [5, 5.41) is 18.6. The molecule has 1 atom stereocenters. The molecule has 0 spiro atoms. The van der Waals surface area contributed by atoms with Crippen molar-refractivity contribution in [2.75, 3.05) is 0 Å². The van der Waals surface area contributed by atoms with Gasteiger partial charge in [0.15, 0.2) is 8.32 Å². The number of hydrogen-bond acceptors (Lipinski definition) is 3. The van der Waals surface area contributed by atoms with Crippen molar-refractivity contribution in [2.45, 2.75) is 63.3 Å². The van der Waals surface area contributed by atoms with Crippen molar-refractivity contribution in [1.82, 2.24) is 0 Å². The minimum Gasteiger partial charge on any atom is -0.481 e. The van der Waals surface area contributed by atoms with Crippen LogP contribution in [-0.4, -0.2) is 34.9 Å². The van der Waals surface area contributed by atoms with Crippen LogP contribution in [0, 0.1) is 0 Å². The molecule has 0 aliphatic rings. The van der Waals surface area contributed by atoms with E-state index in [1.165, 1.54) is 6.08 Å². The van der Waals surface area contributed by atoms with E-state index in [4.69, 9.17) is 5.11 Å². The first-order valence-corrected chi connectivity index (χ1v) is 9.18. The van der Waals surface area contributed by atoms with E-state index in [9.17, 15) is 14.7 Å². The van der Waals surface area contributed by atoms with Crippen molar-refractivity contribution < 1.29 is 19.8 Å². The second kappa shape index (κ2) is 5.99. The summed E-state index contributed by atoms with van der Waals surface area (Å²) in [5.74, 6) is -1.03. The van der Waals surface area contributed by atoms with Crippen LogP contribution in [0.25, 0.3) is 0 Å². The van der Waals surface area contributed by atoms with Gasteiger partial charge in [0.25, 0.3) is 0 Å². The van der Waals surface area contributed by atoms with Crippen LogP contribution in [0.15, 0.2) is 12.7 Å². The standard InChI is InChI=1S/C13H26O4Si/c1-6-13(16,10-11(14)15)9-7-8-12(2,3)18(4,5)17/h6,16-17H,1,7-10H2,2-5H3,(H,14,15). The lowest BCUT2D eigenvalue weighted by Crippen LogP contribution is -2.39. The number of carbonyl (C=O) groups is 1. The number of carboxylic acids is 1. The lowest BCUT2D eigenvalue weighted by atomic mass is 9.91. The fourth-order valence-electron chi connectivity index (χ4n) is 1.67. The van der Waals surface area contributed by atoms with Crippen molar-refractivity contribution in [1.29, 1.82) is 0 Å². The first-order valence-electron chi connectivity index (χ1n) is 6.24. The van der Waals surface area contributed by atoms with Crippen molar-refractivity contribution in [3.8, 4) is 0 Å². The van der Waals surface area contributed by atoms with Crippen LogP contribution in [0.5, 0.6) is 0 Å². The molecule has 106 valence electrons. The highest BCUT2D eigenvalue weighted by molar-refractivity contribution is 6.72. The van der Waals surface area contributed by atoms with E-state index in [-0.39, 0.29) is 11.5 Å². The van der Waals surface area contributed by atoms with Crippen molar-refractivity contribution in [3.05, 3.63) is 12.7 Å². The molecule has 3 N–H and O–H groups in total. The van der Waals surface area contributed by atoms with Gasteiger partial charge >= 0.3 is 5.97 Å². The molecule has 0 aromatic rings. The molecule has 0 saturated carbocycles. The van der Waals surface area contributed by atoms with E-state index >= 15 is 0 Å². The molecule has 18 heavy (non-hydrogen) atoms. The molecule has 0 bridgehead atoms. The fourth-order valence-corrected chi connectivity index (χ4v) is 2.46. The van der Waals surface area contributed by atoms with Gasteiger partial charge in [-0.05, 0) is 37.4 Å². The minimum absolute atomic E-state index is 0.154. The van der Waals surface area contributed by atoms with Crippen LogP contribution < -0.4 is 0 Å². The highest BCUT2D eigenvalue weighted by atomic mass is 28.4. The van der Waals surface area contributed by atoms with Gasteiger partial charge < -0.3 is 15.0 Å². The second-order valence-electron chi connectivity index (χ2n) is 6.17. The second-order valence-corrected chi connectivity index (χ2v) is 10.6. The number of hydrogen-bond donors (Lipinski definition) is 3. The van der Waals surface area contributed by atoms with Gasteiger partial charge in [0.05, 0.1) is 12.0 Å². The molecular formula is C13H26O4Si. The Hall–Kier alpha value is -0.653. The smallest absolute Gasteiger partial charge is 0.306 e. The van der Waals surface area contributed by atoms with Crippen molar-refractivity contribution in [3.63, 3.8) is 0 Å². The van der Waals surface area contributed by atoms with Crippen LogP contribution in [0.3, 0.4) is 0 Å². The molecule has 0 rings (SSSR count). The summed E-state index contributed by atoms with van der Waals surface area (Å²) in [6.45, 7) is 11.3. The third-order valence-electron chi connectivity index (χ3n) is 3.90. The van der Waals surface area contributed by atoms with Gasteiger partial charge in [-0.15, -0.1) is 6.58 Å². The molecule has 4 nitrogen and oxygen atoms in total. The number of aliphatic hydroxyl groups is 1. The van der Waals surface area contributed by atoms with E-state index in [1.807, 2.05) is 26.9 Å². The first-order chi connectivity index (χ1) is 7.93. The Morgan fingerprint density at radius 1 is 1.33 bits per heavy atom. The number of aliphatic carboxylic acids is 1. The van der Waals surface area contributed by atoms with Gasteiger partial charge in [0.1, 0.15) is 0 Å². The fraction of sp³-hybridized carbons (Fsp3) is 0.769. The summed E-state index contributed by atoms with van der Waals surface area (Å²) < 4.78 is 0. The molecule has 0 heterocycles. The number of carboxylic acid groups (broad SMARTS) is 1. The minimum atomic E-state index is -2.25. The van der Waals surface area contributed by atoms with Gasteiger partial charge in [-0.2, -0.15) is 0 Å². The van der Waals surface area contributed by atoms with Crippen LogP contribution in [0.2, 0.25) is 18.1 Å². The van der Waals surface area contributed by atoms with Gasteiger partial charge in [0, 0.05) is 0 Å². The molecule has 0 amide bonds. The van der Waals surface area contributed by atoms with E-state index in [1.54, 1.807) is 0 Å². The van der Waals surface area contributed by atoms with Crippen molar-refractivity contribution >= 4 is 14.3 Å². The lowest BCUT2D eigenvalue weighted by Gasteiger charge is -2.36. The zero-order valence-electron chi connectivity index (χ0n) is 11.9. The Kier molecular flexibility index (Phi) is 5.78. The zero-order chi connectivity index (χ0) is 14.6. The highest BCUT2D eigenvalue weighted by Crippen LogP contribution is 2.40.